The van der Waals surface area contributed by atoms with E-state index in [0.717, 1.165) is 48.7 Å². The average Bonchev–Trinajstić information content (AvgIpc) is 2.98. The van der Waals surface area contributed by atoms with Crippen molar-refractivity contribution in [1.29, 1.82) is 0 Å². The molecule has 23 heavy (non-hydrogen) atoms. The van der Waals surface area contributed by atoms with Crippen molar-refractivity contribution in [3.05, 3.63) is 23.1 Å². The maximum atomic E-state index is 11.3. The van der Waals surface area contributed by atoms with E-state index in [9.17, 15) is 4.79 Å². The Morgan fingerprint density at radius 1 is 1.43 bits per heavy atom. The molecule has 6 nitrogen and oxygen atoms in total. The number of rotatable bonds is 2. The molecule has 0 saturated carbocycles. The number of fused-ring (bicyclic) bond motifs is 2. The first kappa shape index (κ1) is 14.9. The molecule has 4 rings (SSSR count). The van der Waals surface area contributed by atoms with Crippen LogP contribution in [0.3, 0.4) is 0 Å². The molecule has 0 bridgehead atoms. The first-order valence-corrected chi connectivity index (χ1v) is 8.70. The lowest BCUT2D eigenvalue weighted by atomic mass is 9.99. The number of nitrogens with zero attached hydrogens (tertiary/aromatic N) is 3. The summed E-state index contributed by atoms with van der Waals surface area (Å²) in [5.74, 6) is 0.573. The molecule has 2 aliphatic rings. The molecule has 1 amide bonds. The van der Waals surface area contributed by atoms with Crippen LogP contribution in [0.1, 0.15) is 16.1 Å². The smallest absolute Gasteiger partial charge is 0.258 e. The number of pyridine rings is 1. The summed E-state index contributed by atoms with van der Waals surface area (Å²) in [5.41, 5.74) is 5.36. The maximum absolute atomic E-state index is 11.3. The highest BCUT2D eigenvalue weighted by Gasteiger charge is 2.35. The van der Waals surface area contributed by atoms with Crippen LogP contribution in [-0.2, 0) is 4.74 Å². The summed E-state index contributed by atoms with van der Waals surface area (Å²) in [6, 6.07) is 6.28. The molecule has 2 aromatic heterocycles. The highest BCUT2D eigenvalue weighted by molar-refractivity contribution is 7.20. The third-order valence-electron chi connectivity index (χ3n) is 4.80. The Hall–Kier alpha value is -1.70. The van der Waals surface area contributed by atoms with Gasteiger partial charge in [0.2, 0.25) is 0 Å². The molecule has 0 aliphatic carbocycles. The van der Waals surface area contributed by atoms with E-state index in [2.05, 4.69) is 16.8 Å². The van der Waals surface area contributed by atoms with Gasteiger partial charge in [0.1, 0.15) is 10.6 Å². The molecule has 2 unspecified atom stereocenters. The van der Waals surface area contributed by atoms with Crippen LogP contribution < -0.4 is 10.6 Å². The zero-order valence-corrected chi connectivity index (χ0v) is 13.9. The number of amides is 1. The van der Waals surface area contributed by atoms with Crippen molar-refractivity contribution in [2.75, 3.05) is 38.2 Å². The predicted molar refractivity (Wildman–Crippen MR) is 91.1 cm³/mol. The van der Waals surface area contributed by atoms with Gasteiger partial charge in [-0.3, -0.25) is 9.69 Å². The number of morpholine rings is 1. The van der Waals surface area contributed by atoms with Gasteiger partial charge in [0, 0.05) is 25.0 Å². The van der Waals surface area contributed by atoms with Gasteiger partial charge in [0.05, 0.1) is 23.6 Å². The number of nitrogens with two attached hydrogens (primary N) is 1. The van der Waals surface area contributed by atoms with Crippen molar-refractivity contribution in [1.82, 2.24) is 9.88 Å². The molecule has 7 heteroatoms. The molecule has 2 fully saturated rings. The lowest BCUT2D eigenvalue weighted by molar-refractivity contribution is -0.0687. The fraction of sp³-hybridized carbons (Fsp3) is 0.500. The van der Waals surface area contributed by atoms with Crippen molar-refractivity contribution in [3.63, 3.8) is 0 Å². The molecule has 2 N–H and O–H groups in total. The van der Waals surface area contributed by atoms with Crippen LogP contribution in [0.25, 0.3) is 10.2 Å². The standard InChI is InChI=1S/C16H20N4O2S/c1-19-6-7-22-12-4-5-20(9-11(12)19)14-3-2-10-8-13(15(17)21)23-16(10)18-14/h2-3,8,11-12H,4-7,9H2,1H3,(H2,17,21). The van der Waals surface area contributed by atoms with Crippen molar-refractivity contribution in [3.8, 4) is 0 Å². The summed E-state index contributed by atoms with van der Waals surface area (Å²) in [6.45, 7) is 3.68. The third-order valence-corrected chi connectivity index (χ3v) is 5.86. The molecule has 0 aromatic carbocycles. The highest BCUT2D eigenvalue weighted by Crippen LogP contribution is 2.29. The quantitative estimate of drug-likeness (QED) is 0.898. The van der Waals surface area contributed by atoms with Gasteiger partial charge in [-0.05, 0) is 31.7 Å². The number of hydrogen-bond donors (Lipinski definition) is 1. The first-order valence-electron chi connectivity index (χ1n) is 7.89. The highest BCUT2D eigenvalue weighted by atomic mass is 32.1. The Kier molecular flexibility index (Phi) is 3.71. The Morgan fingerprint density at radius 3 is 3.13 bits per heavy atom. The predicted octanol–water partition coefficient (Wildman–Crippen LogP) is 1.30. The number of aromatic nitrogens is 1. The van der Waals surface area contributed by atoms with Gasteiger partial charge in [-0.25, -0.2) is 4.98 Å². The lowest BCUT2D eigenvalue weighted by Gasteiger charge is -2.46. The van der Waals surface area contributed by atoms with E-state index < -0.39 is 5.91 Å². The van der Waals surface area contributed by atoms with Gasteiger partial charge in [0.25, 0.3) is 5.91 Å². The van der Waals surface area contributed by atoms with Gasteiger partial charge < -0.3 is 15.4 Å². The number of thiophene rings is 1. The summed E-state index contributed by atoms with van der Waals surface area (Å²) in [6.07, 6.45) is 1.35. The van der Waals surface area contributed by atoms with E-state index in [1.807, 2.05) is 18.2 Å². The Labute approximate surface area is 138 Å². The maximum Gasteiger partial charge on any atom is 0.258 e. The zero-order chi connectivity index (χ0) is 16.0. The molecule has 122 valence electrons. The van der Waals surface area contributed by atoms with Crippen molar-refractivity contribution in [2.45, 2.75) is 18.6 Å². The van der Waals surface area contributed by atoms with Gasteiger partial charge in [-0.15, -0.1) is 11.3 Å². The molecule has 2 atom stereocenters. The van der Waals surface area contributed by atoms with Gasteiger partial charge >= 0.3 is 0 Å². The summed E-state index contributed by atoms with van der Waals surface area (Å²) >= 11 is 1.36. The molecule has 0 radical (unpaired) electrons. The lowest BCUT2D eigenvalue weighted by Crippen LogP contribution is -2.58. The van der Waals surface area contributed by atoms with E-state index in [1.54, 1.807) is 0 Å². The van der Waals surface area contributed by atoms with Crippen LogP contribution in [0.15, 0.2) is 18.2 Å². The van der Waals surface area contributed by atoms with Crippen molar-refractivity contribution >= 4 is 33.3 Å². The minimum absolute atomic E-state index is 0.330. The Balaban J connectivity index is 1.60. The summed E-state index contributed by atoms with van der Waals surface area (Å²) in [4.78, 5) is 22.2. The van der Waals surface area contributed by atoms with Crippen LogP contribution in [0.4, 0.5) is 5.82 Å². The number of hydrogen-bond acceptors (Lipinski definition) is 6. The van der Waals surface area contributed by atoms with Crippen LogP contribution >= 0.6 is 11.3 Å². The second-order valence-corrected chi connectivity index (χ2v) is 7.26. The van der Waals surface area contributed by atoms with Crippen LogP contribution in [0, 0.1) is 0 Å². The summed E-state index contributed by atoms with van der Waals surface area (Å²) in [5, 5.41) is 0.973. The number of ether oxygens (including phenoxy) is 1. The average molecular weight is 332 g/mol. The number of anilines is 1. The van der Waals surface area contributed by atoms with E-state index in [-0.39, 0.29) is 0 Å². The molecule has 2 aliphatic heterocycles. The number of carbonyl (C=O) groups excluding carboxylic acids is 1. The molecular weight excluding hydrogens is 312 g/mol. The monoisotopic (exact) mass is 332 g/mol. The zero-order valence-electron chi connectivity index (χ0n) is 13.1. The molecule has 2 aromatic rings. The number of piperidine rings is 1. The molecule has 4 heterocycles. The topological polar surface area (TPSA) is 71.7 Å². The number of likely N-dealkylation sites (N-methyl/N-ethyl adjacent to an activating group) is 1. The largest absolute Gasteiger partial charge is 0.375 e. The summed E-state index contributed by atoms with van der Waals surface area (Å²) < 4.78 is 5.90. The van der Waals surface area contributed by atoms with Crippen LogP contribution in [0.2, 0.25) is 0 Å². The fourth-order valence-electron chi connectivity index (χ4n) is 3.46. The van der Waals surface area contributed by atoms with Crippen molar-refractivity contribution < 1.29 is 9.53 Å². The Morgan fingerprint density at radius 2 is 2.30 bits per heavy atom. The molecule has 0 spiro atoms. The van der Waals surface area contributed by atoms with Crippen LogP contribution in [-0.4, -0.2) is 61.2 Å². The number of carbonyl (C=O) groups is 1. The van der Waals surface area contributed by atoms with E-state index in [1.165, 1.54) is 11.3 Å². The SMILES string of the molecule is CN1CCOC2CCN(c3ccc4cc(C(N)=O)sc4n3)CC21. The second kappa shape index (κ2) is 5.74. The first-order chi connectivity index (χ1) is 11.1. The van der Waals surface area contributed by atoms with E-state index in [4.69, 9.17) is 15.5 Å². The normalized spacial score (nSPS) is 25.5. The molecular formula is C16H20N4O2S. The fourth-order valence-corrected chi connectivity index (χ4v) is 4.33. The van der Waals surface area contributed by atoms with E-state index in [0.29, 0.717) is 17.0 Å². The van der Waals surface area contributed by atoms with Crippen molar-refractivity contribution in [2.24, 2.45) is 5.73 Å². The second-order valence-electron chi connectivity index (χ2n) is 6.23. The summed E-state index contributed by atoms with van der Waals surface area (Å²) in [7, 11) is 2.17. The van der Waals surface area contributed by atoms with Gasteiger partial charge in [-0.2, -0.15) is 0 Å². The Bertz CT molecular complexity index is 747. The minimum Gasteiger partial charge on any atom is -0.375 e. The number of primary amides is 1. The third kappa shape index (κ3) is 2.69. The van der Waals surface area contributed by atoms with E-state index >= 15 is 0 Å². The molecule has 2 saturated heterocycles. The minimum atomic E-state index is -0.392. The van der Waals surface area contributed by atoms with Gasteiger partial charge in [0.15, 0.2) is 0 Å². The van der Waals surface area contributed by atoms with Crippen LogP contribution in [0.5, 0.6) is 0 Å². The van der Waals surface area contributed by atoms with Gasteiger partial charge in [-0.1, -0.05) is 0 Å².